The molecule has 0 aliphatic rings. The van der Waals surface area contributed by atoms with Crippen LogP contribution in [-0.2, 0) is 4.74 Å². The first-order valence-electron chi connectivity index (χ1n) is 4.21. The van der Waals surface area contributed by atoms with Crippen LogP contribution >= 0.6 is 0 Å². The van der Waals surface area contributed by atoms with E-state index in [1.165, 1.54) is 7.05 Å². The molecule has 0 aromatic heterocycles. The third-order valence-electron chi connectivity index (χ3n) is 1.59. The second-order valence-corrected chi connectivity index (χ2v) is 2.60. The van der Waals surface area contributed by atoms with E-state index >= 15 is 0 Å². The van der Waals surface area contributed by atoms with Gasteiger partial charge in [0.2, 0.25) is 0 Å². The number of hydrogen-bond donors (Lipinski definition) is 0. The van der Waals surface area contributed by atoms with Crippen molar-refractivity contribution in [2.24, 2.45) is 0 Å². The Hall–Kier alpha value is -1.51. The van der Waals surface area contributed by atoms with Crippen molar-refractivity contribution in [3.63, 3.8) is 0 Å². The van der Waals surface area contributed by atoms with Crippen LogP contribution in [0.2, 0.25) is 0 Å². The average molecular weight is 179 g/mol. The molecule has 0 unspecified atom stereocenters. The van der Waals surface area contributed by atoms with Crippen molar-refractivity contribution < 1.29 is 9.48 Å². The maximum atomic E-state index is 11.1. The Balaban J connectivity index is 2.97. The lowest BCUT2D eigenvalue weighted by Crippen LogP contribution is -2.17. The van der Waals surface area contributed by atoms with Crippen molar-refractivity contribution in [3.8, 4) is 0 Å². The molecule has 0 amide bonds. The zero-order valence-electron chi connectivity index (χ0n) is 7.86. The Labute approximate surface area is 77.9 Å². The Morgan fingerprint density at radius 2 is 2.00 bits per heavy atom. The van der Waals surface area contributed by atoms with Crippen molar-refractivity contribution in [1.82, 2.24) is 0 Å². The van der Waals surface area contributed by atoms with E-state index in [4.69, 9.17) is 4.74 Å². The molecule has 0 aliphatic carbocycles. The van der Waals surface area contributed by atoms with Gasteiger partial charge in [-0.1, -0.05) is 18.2 Å². The highest BCUT2D eigenvalue weighted by atomic mass is 16.5. The summed E-state index contributed by atoms with van der Waals surface area (Å²) in [5.74, 6) is 0.364. The zero-order chi connectivity index (χ0) is 9.68. The summed E-state index contributed by atoms with van der Waals surface area (Å²) in [5, 5.41) is 11.1. The van der Waals surface area contributed by atoms with Crippen LogP contribution in [0.1, 0.15) is 12.5 Å². The molecule has 0 N–H and O–H groups in total. The standard InChI is InChI=1S/C10H13NO2/c1-3-13-10(11(2)12)9-7-5-4-6-8-9/h4-8H,3H2,1-2H3/b11-10+. The molecule has 1 aromatic carbocycles. The largest absolute Gasteiger partial charge is 0.621 e. The maximum Gasteiger partial charge on any atom is 0.381 e. The van der Waals surface area contributed by atoms with E-state index in [9.17, 15) is 5.21 Å². The van der Waals surface area contributed by atoms with E-state index in [2.05, 4.69) is 0 Å². The van der Waals surface area contributed by atoms with Crippen molar-refractivity contribution in [2.45, 2.75) is 6.92 Å². The number of nitrogens with zero attached hydrogens (tertiary/aromatic N) is 1. The number of ether oxygens (including phenoxy) is 1. The fraction of sp³-hybridized carbons (Fsp3) is 0.300. The molecule has 1 rings (SSSR count). The van der Waals surface area contributed by atoms with Gasteiger partial charge in [-0.05, 0) is 19.1 Å². The Kier molecular flexibility index (Phi) is 3.31. The summed E-state index contributed by atoms with van der Waals surface area (Å²) in [4.78, 5) is 0. The minimum atomic E-state index is 0.364. The monoisotopic (exact) mass is 179 g/mol. The van der Waals surface area contributed by atoms with Gasteiger partial charge < -0.3 is 9.94 Å². The van der Waals surface area contributed by atoms with Gasteiger partial charge in [-0.15, -0.1) is 0 Å². The fourth-order valence-electron chi connectivity index (χ4n) is 1.07. The first-order valence-corrected chi connectivity index (χ1v) is 4.21. The van der Waals surface area contributed by atoms with Crippen LogP contribution in [0.5, 0.6) is 0 Å². The lowest BCUT2D eigenvalue weighted by molar-refractivity contribution is -0.432. The molecule has 0 spiro atoms. The van der Waals surface area contributed by atoms with Crippen LogP contribution in [-0.4, -0.2) is 24.3 Å². The smallest absolute Gasteiger partial charge is 0.381 e. The first-order chi connectivity index (χ1) is 6.25. The Bertz CT molecular complexity index is 289. The first kappa shape index (κ1) is 9.58. The molecule has 0 atom stereocenters. The molecule has 0 radical (unpaired) electrons. The highest BCUT2D eigenvalue weighted by Crippen LogP contribution is 2.01. The third kappa shape index (κ3) is 2.47. The summed E-state index contributed by atoms with van der Waals surface area (Å²) in [7, 11) is 1.43. The molecule has 0 bridgehead atoms. The Morgan fingerprint density at radius 3 is 2.46 bits per heavy atom. The lowest BCUT2D eigenvalue weighted by Gasteiger charge is -2.06. The molecule has 3 heteroatoms. The third-order valence-corrected chi connectivity index (χ3v) is 1.59. The molecule has 1 aromatic rings. The van der Waals surface area contributed by atoms with Gasteiger partial charge >= 0.3 is 5.90 Å². The van der Waals surface area contributed by atoms with Crippen LogP contribution < -0.4 is 0 Å². The molecule has 0 saturated carbocycles. The van der Waals surface area contributed by atoms with Crippen LogP contribution in [0.4, 0.5) is 0 Å². The summed E-state index contributed by atoms with van der Waals surface area (Å²) < 4.78 is 5.95. The van der Waals surface area contributed by atoms with Gasteiger partial charge in [0.25, 0.3) is 0 Å². The van der Waals surface area contributed by atoms with Gasteiger partial charge in [0.15, 0.2) is 0 Å². The second kappa shape index (κ2) is 4.50. The molecular weight excluding hydrogens is 166 g/mol. The van der Waals surface area contributed by atoms with E-state index < -0.39 is 0 Å². The van der Waals surface area contributed by atoms with Gasteiger partial charge in [-0.2, -0.15) is 4.74 Å². The molecule has 13 heavy (non-hydrogen) atoms. The number of benzene rings is 1. The van der Waals surface area contributed by atoms with E-state index in [1.54, 1.807) is 0 Å². The summed E-state index contributed by atoms with van der Waals surface area (Å²) in [6, 6.07) is 9.34. The van der Waals surface area contributed by atoms with Crippen LogP contribution in [0.3, 0.4) is 0 Å². The maximum absolute atomic E-state index is 11.1. The summed E-state index contributed by atoms with van der Waals surface area (Å²) in [5.41, 5.74) is 0.807. The van der Waals surface area contributed by atoms with Gasteiger partial charge in [0, 0.05) is 0 Å². The van der Waals surface area contributed by atoms with Gasteiger partial charge in [0.1, 0.15) is 7.05 Å². The highest BCUT2D eigenvalue weighted by molar-refractivity contribution is 5.90. The van der Waals surface area contributed by atoms with E-state index in [-0.39, 0.29) is 0 Å². The van der Waals surface area contributed by atoms with Crippen molar-refractivity contribution >= 4 is 5.90 Å². The minimum absolute atomic E-state index is 0.364. The van der Waals surface area contributed by atoms with E-state index in [0.717, 1.165) is 10.3 Å². The molecule has 0 aliphatic heterocycles. The van der Waals surface area contributed by atoms with E-state index in [0.29, 0.717) is 12.5 Å². The number of rotatable bonds is 2. The molecule has 70 valence electrons. The van der Waals surface area contributed by atoms with E-state index in [1.807, 2.05) is 37.3 Å². The van der Waals surface area contributed by atoms with Gasteiger partial charge in [0.05, 0.1) is 12.2 Å². The van der Waals surface area contributed by atoms with Crippen molar-refractivity contribution in [1.29, 1.82) is 0 Å². The second-order valence-electron chi connectivity index (χ2n) is 2.60. The predicted molar refractivity (Wildman–Crippen MR) is 51.7 cm³/mol. The van der Waals surface area contributed by atoms with Crippen LogP contribution in [0, 0.1) is 5.21 Å². The quantitative estimate of drug-likeness (QED) is 0.227. The zero-order valence-corrected chi connectivity index (χ0v) is 7.86. The summed E-state index contributed by atoms with van der Waals surface area (Å²) >= 11 is 0. The molecule has 3 nitrogen and oxygen atoms in total. The minimum Gasteiger partial charge on any atom is -0.621 e. The molecular formula is C10H13NO2. The van der Waals surface area contributed by atoms with Gasteiger partial charge in [-0.3, -0.25) is 0 Å². The number of hydroxylamine groups is 1. The van der Waals surface area contributed by atoms with Crippen molar-refractivity contribution in [3.05, 3.63) is 41.1 Å². The molecule has 0 saturated heterocycles. The predicted octanol–water partition coefficient (Wildman–Crippen LogP) is 1.61. The molecule has 0 fully saturated rings. The normalized spacial score (nSPS) is 12.2. The summed E-state index contributed by atoms with van der Waals surface area (Å²) in [6.45, 7) is 2.35. The summed E-state index contributed by atoms with van der Waals surface area (Å²) in [6.07, 6.45) is 0. The van der Waals surface area contributed by atoms with Crippen LogP contribution in [0.25, 0.3) is 0 Å². The fourth-order valence-corrected chi connectivity index (χ4v) is 1.07. The van der Waals surface area contributed by atoms with Crippen LogP contribution in [0.15, 0.2) is 30.3 Å². The average Bonchev–Trinajstić information content (AvgIpc) is 2.15. The SMILES string of the molecule is CCO/C(c1ccccc1)=[N+](\C)[O-]. The number of hydrogen-bond acceptors (Lipinski definition) is 2. The molecule has 0 heterocycles. The van der Waals surface area contributed by atoms with Gasteiger partial charge in [-0.25, -0.2) is 0 Å². The highest BCUT2D eigenvalue weighted by Gasteiger charge is 2.10. The Morgan fingerprint density at radius 1 is 1.38 bits per heavy atom. The lowest BCUT2D eigenvalue weighted by atomic mass is 10.2. The van der Waals surface area contributed by atoms with Crippen molar-refractivity contribution in [2.75, 3.05) is 13.7 Å². The topological polar surface area (TPSA) is 35.3 Å².